The highest BCUT2D eigenvalue weighted by atomic mass is 79.9. The van der Waals surface area contributed by atoms with E-state index in [9.17, 15) is 5.11 Å². The molecule has 0 aromatic heterocycles. The molecule has 2 rings (SSSR count). The fourth-order valence-corrected chi connectivity index (χ4v) is 2.61. The first-order valence-electron chi connectivity index (χ1n) is 5.68. The van der Waals surface area contributed by atoms with Crippen LogP contribution in [-0.2, 0) is 0 Å². The van der Waals surface area contributed by atoms with E-state index < -0.39 is 6.10 Å². The van der Waals surface area contributed by atoms with Gasteiger partial charge in [0, 0.05) is 6.07 Å². The van der Waals surface area contributed by atoms with Crippen LogP contribution < -0.4 is 4.74 Å². The van der Waals surface area contributed by atoms with E-state index in [0.717, 1.165) is 5.56 Å². The highest BCUT2D eigenvalue weighted by molar-refractivity contribution is 9.10. The van der Waals surface area contributed by atoms with Crippen molar-refractivity contribution in [2.75, 3.05) is 0 Å². The van der Waals surface area contributed by atoms with Gasteiger partial charge in [0.05, 0.1) is 25.6 Å². The summed E-state index contributed by atoms with van der Waals surface area (Å²) in [6.07, 6.45) is -0.547. The van der Waals surface area contributed by atoms with Crippen LogP contribution in [0.2, 0.25) is 15.1 Å². The van der Waals surface area contributed by atoms with E-state index in [1.165, 1.54) is 6.07 Å². The second-order valence-electron chi connectivity index (χ2n) is 4.16. The van der Waals surface area contributed by atoms with Gasteiger partial charge in [-0.3, -0.25) is 0 Å². The molecule has 1 N–H and O–H groups in total. The molecule has 2 nitrogen and oxygen atoms in total. The molecule has 0 amide bonds. The average molecular weight is 396 g/mol. The topological polar surface area (TPSA) is 29.5 Å². The number of aliphatic hydroxyl groups is 1. The van der Waals surface area contributed by atoms with Crippen molar-refractivity contribution >= 4 is 50.7 Å². The van der Waals surface area contributed by atoms with Crippen LogP contribution in [-0.4, -0.2) is 5.11 Å². The zero-order valence-corrected chi connectivity index (χ0v) is 14.2. The zero-order valence-electron chi connectivity index (χ0n) is 10.3. The summed E-state index contributed by atoms with van der Waals surface area (Å²) in [6, 6.07) is 8.38. The molecule has 0 spiro atoms. The van der Waals surface area contributed by atoms with Gasteiger partial charge < -0.3 is 9.84 Å². The number of aliphatic hydroxyl groups excluding tert-OH is 1. The van der Waals surface area contributed by atoms with Crippen LogP contribution in [0.3, 0.4) is 0 Å². The Morgan fingerprint density at radius 1 is 1.00 bits per heavy atom. The Morgan fingerprint density at radius 2 is 1.65 bits per heavy atom. The van der Waals surface area contributed by atoms with Crippen LogP contribution in [0.15, 0.2) is 34.8 Å². The lowest BCUT2D eigenvalue weighted by Gasteiger charge is -2.12. The van der Waals surface area contributed by atoms with Crippen LogP contribution in [0.25, 0.3) is 0 Å². The highest BCUT2D eigenvalue weighted by Crippen LogP contribution is 2.38. The van der Waals surface area contributed by atoms with Crippen molar-refractivity contribution in [3.8, 4) is 11.5 Å². The van der Waals surface area contributed by atoms with E-state index in [4.69, 9.17) is 39.5 Å². The fourth-order valence-electron chi connectivity index (χ4n) is 1.56. The monoisotopic (exact) mass is 394 g/mol. The van der Waals surface area contributed by atoms with E-state index in [2.05, 4.69) is 15.9 Å². The van der Waals surface area contributed by atoms with Gasteiger partial charge in [-0.2, -0.15) is 0 Å². The second-order valence-corrected chi connectivity index (χ2v) is 6.24. The first-order chi connectivity index (χ1) is 9.38. The quantitative estimate of drug-likeness (QED) is 0.621. The Labute approximate surface area is 140 Å². The molecule has 0 saturated carbocycles. The molecule has 106 valence electrons. The third-order valence-electron chi connectivity index (χ3n) is 2.63. The van der Waals surface area contributed by atoms with Crippen molar-refractivity contribution in [3.05, 3.63) is 55.4 Å². The van der Waals surface area contributed by atoms with Gasteiger partial charge in [-0.15, -0.1) is 0 Å². The van der Waals surface area contributed by atoms with Crippen molar-refractivity contribution in [2.45, 2.75) is 13.0 Å². The lowest BCUT2D eigenvalue weighted by atomic mass is 10.1. The van der Waals surface area contributed by atoms with Crippen molar-refractivity contribution in [2.24, 2.45) is 0 Å². The lowest BCUT2D eigenvalue weighted by Crippen LogP contribution is -1.93. The molecule has 0 radical (unpaired) electrons. The van der Waals surface area contributed by atoms with Gasteiger partial charge >= 0.3 is 0 Å². The smallest absolute Gasteiger partial charge is 0.147 e. The van der Waals surface area contributed by atoms with Crippen LogP contribution in [0.1, 0.15) is 18.6 Å². The minimum Gasteiger partial charge on any atom is -0.455 e. The normalized spacial score (nSPS) is 12.3. The summed E-state index contributed by atoms with van der Waals surface area (Å²) in [4.78, 5) is 0. The average Bonchev–Trinajstić information content (AvgIpc) is 2.37. The van der Waals surface area contributed by atoms with Gasteiger partial charge in [0.1, 0.15) is 11.5 Å². The van der Waals surface area contributed by atoms with E-state index in [-0.39, 0.29) is 0 Å². The maximum atomic E-state index is 9.52. The predicted molar refractivity (Wildman–Crippen MR) is 86.3 cm³/mol. The number of hydrogen-bond donors (Lipinski definition) is 1. The molecule has 0 aliphatic carbocycles. The Balaban J connectivity index is 2.33. The minimum atomic E-state index is -0.547. The SMILES string of the molecule is CC(O)c1ccc(Oc2cc(Cl)c(Cl)cc2Cl)c(Br)c1. The van der Waals surface area contributed by atoms with Gasteiger partial charge in [-0.05, 0) is 46.6 Å². The standard InChI is InChI=1S/C14H10BrCl3O2/c1-7(19)8-2-3-13(9(15)4-8)20-14-6-11(17)10(16)5-12(14)18/h2-7,19H,1H3. The number of rotatable bonds is 3. The Morgan fingerprint density at radius 3 is 2.25 bits per heavy atom. The molecule has 0 saturated heterocycles. The molecule has 0 aliphatic rings. The van der Waals surface area contributed by atoms with Crippen molar-refractivity contribution in [1.82, 2.24) is 0 Å². The molecule has 0 bridgehead atoms. The highest BCUT2D eigenvalue weighted by Gasteiger charge is 2.11. The summed E-state index contributed by atoms with van der Waals surface area (Å²) in [5.74, 6) is 0.973. The van der Waals surface area contributed by atoms with Gasteiger partial charge in [-0.1, -0.05) is 40.9 Å². The predicted octanol–water partition coefficient (Wildman–Crippen LogP) is 6.25. The second kappa shape index (κ2) is 6.54. The minimum absolute atomic E-state index is 0.364. The van der Waals surface area contributed by atoms with Gasteiger partial charge in [0.25, 0.3) is 0 Å². The van der Waals surface area contributed by atoms with Gasteiger partial charge in [0.15, 0.2) is 0 Å². The number of ether oxygens (including phenoxy) is 1. The third-order valence-corrected chi connectivity index (χ3v) is 4.27. The summed E-state index contributed by atoms with van der Waals surface area (Å²) in [5, 5.41) is 10.6. The maximum absolute atomic E-state index is 9.52. The third kappa shape index (κ3) is 3.60. The number of benzene rings is 2. The lowest BCUT2D eigenvalue weighted by molar-refractivity contribution is 0.199. The van der Waals surface area contributed by atoms with E-state index in [1.807, 2.05) is 0 Å². The molecular formula is C14H10BrCl3O2. The molecule has 1 unspecified atom stereocenters. The summed E-state index contributed by atoms with van der Waals surface area (Å²) in [6.45, 7) is 1.69. The van der Waals surface area contributed by atoms with E-state index >= 15 is 0 Å². The van der Waals surface area contributed by atoms with Crippen molar-refractivity contribution in [1.29, 1.82) is 0 Å². The molecule has 1 atom stereocenters. The van der Waals surface area contributed by atoms with E-state index in [0.29, 0.717) is 31.0 Å². The fraction of sp³-hybridized carbons (Fsp3) is 0.143. The largest absolute Gasteiger partial charge is 0.455 e. The first-order valence-corrected chi connectivity index (χ1v) is 7.61. The molecule has 0 heterocycles. The van der Waals surface area contributed by atoms with Gasteiger partial charge in [-0.25, -0.2) is 0 Å². The zero-order chi connectivity index (χ0) is 14.9. The maximum Gasteiger partial charge on any atom is 0.147 e. The molecule has 2 aromatic rings. The van der Waals surface area contributed by atoms with Crippen molar-refractivity contribution in [3.63, 3.8) is 0 Å². The molecule has 0 fully saturated rings. The molecular weight excluding hydrogens is 386 g/mol. The first kappa shape index (κ1) is 15.9. The summed E-state index contributed by atoms with van der Waals surface area (Å²) in [7, 11) is 0. The van der Waals surface area contributed by atoms with Gasteiger partial charge in [0.2, 0.25) is 0 Å². The molecule has 6 heteroatoms. The molecule has 0 aliphatic heterocycles. The van der Waals surface area contributed by atoms with Crippen molar-refractivity contribution < 1.29 is 9.84 Å². The Hall–Kier alpha value is -0.450. The van der Waals surface area contributed by atoms with Crippen LogP contribution in [0.5, 0.6) is 11.5 Å². The van der Waals surface area contributed by atoms with Crippen LogP contribution in [0, 0.1) is 0 Å². The molecule has 2 aromatic carbocycles. The summed E-state index contributed by atoms with van der Waals surface area (Å²) < 4.78 is 6.41. The van der Waals surface area contributed by atoms with Crippen LogP contribution >= 0.6 is 50.7 Å². The van der Waals surface area contributed by atoms with Crippen LogP contribution in [0.4, 0.5) is 0 Å². The number of halogens is 4. The Bertz CT molecular complexity index is 645. The van der Waals surface area contributed by atoms with E-state index in [1.54, 1.807) is 31.2 Å². The summed E-state index contributed by atoms with van der Waals surface area (Å²) in [5.41, 5.74) is 0.782. The number of hydrogen-bond acceptors (Lipinski definition) is 2. The molecule has 20 heavy (non-hydrogen) atoms. The Kier molecular flexibility index (Phi) is 5.21. The summed E-state index contributed by atoms with van der Waals surface area (Å²) >= 11 is 21.3.